The molecule has 1 N–H and O–H groups in total. The topological polar surface area (TPSA) is 37.3 Å². The minimum atomic E-state index is -0.859. The van der Waals surface area contributed by atoms with Crippen molar-refractivity contribution in [2.75, 3.05) is 0 Å². The van der Waals surface area contributed by atoms with Crippen molar-refractivity contribution in [2.45, 2.75) is 6.92 Å². The van der Waals surface area contributed by atoms with Gasteiger partial charge in [0.05, 0.1) is 5.56 Å². The third-order valence-corrected chi connectivity index (χ3v) is 1.61. The molecule has 0 unspecified atom stereocenters. The van der Waals surface area contributed by atoms with Gasteiger partial charge in [-0.3, -0.25) is 0 Å². The van der Waals surface area contributed by atoms with Crippen LogP contribution in [0.1, 0.15) is 15.9 Å². The fraction of sp³-hybridized carbons (Fsp3) is 0.125. The molecule has 0 atom stereocenters. The van der Waals surface area contributed by atoms with Gasteiger partial charge < -0.3 is 5.11 Å². The number of benzene rings is 1. The van der Waals surface area contributed by atoms with Crippen molar-refractivity contribution < 1.29 is 9.90 Å². The van der Waals surface area contributed by atoms with Gasteiger partial charge >= 0.3 is 5.97 Å². The highest BCUT2D eigenvalue weighted by molar-refractivity contribution is 6.36. The van der Waals surface area contributed by atoms with Gasteiger partial charge in [0.25, 0.3) is 0 Å². The third kappa shape index (κ3) is 1.61. The second kappa shape index (κ2) is 2.78. The second-order valence-electron chi connectivity index (χ2n) is 2.62. The van der Waals surface area contributed by atoms with Crippen LogP contribution in [0, 0.1) is 6.92 Å². The molecule has 0 fully saturated rings. The van der Waals surface area contributed by atoms with Crippen LogP contribution in [0.15, 0.2) is 18.2 Å². The van der Waals surface area contributed by atoms with Gasteiger partial charge in [-0.05, 0) is 13.0 Å². The van der Waals surface area contributed by atoms with Crippen LogP contribution < -0.4 is 5.46 Å². The monoisotopic (exact) mass is 148 g/mol. The van der Waals surface area contributed by atoms with Gasteiger partial charge in [0.1, 0.15) is 7.85 Å². The van der Waals surface area contributed by atoms with Crippen LogP contribution in [0.25, 0.3) is 0 Å². The van der Waals surface area contributed by atoms with Gasteiger partial charge in [-0.15, -0.1) is 0 Å². The predicted molar refractivity (Wildman–Crippen MR) is 46.3 cm³/mol. The van der Waals surface area contributed by atoms with Crippen molar-refractivity contribution >= 4 is 19.3 Å². The summed E-state index contributed by atoms with van der Waals surface area (Å²) in [4.78, 5) is 10.5. The first-order chi connectivity index (χ1) is 5.11. The molecule has 11 heavy (non-hydrogen) atoms. The van der Waals surface area contributed by atoms with E-state index in [-0.39, 0.29) is 0 Å². The van der Waals surface area contributed by atoms with Gasteiger partial charge in [0.2, 0.25) is 0 Å². The van der Waals surface area contributed by atoms with E-state index in [1.165, 1.54) is 0 Å². The fourth-order valence-corrected chi connectivity index (χ4v) is 1.05. The lowest BCUT2D eigenvalue weighted by molar-refractivity contribution is 0.0698. The number of aryl methyl sites for hydroxylation is 1. The summed E-state index contributed by atoms with van der Waals surface area (Å²) in [6, 6.07) is 5.30. The molecule has 0 bridgehead atoms. The first-order valence-electron chi connectivity index (χ1n) is 3.42. The molecule has 56 valence electrons. The number of carboxylic acid groups (broad SMARTS) is 1. The number of hydrogen-bond acceptors (Lipinski definition) is 1. The lowest BCUT2D eigenvalue weighted by atomic mass is 9.89. The Morgan fingerprint density at radius 3 is 2.64 bits per heavy atom. The summed E-state index contributed by atoms with van der Waals surface area (Å²) in [6.07, 6.45) is 0. The first kappa shape index (κ1) is 7.86. The molecule has 0 heterocycles. The van der Waals surface area contributed by atoms with Gasteiger partial charge in [-0.2, -0.15) is 0 Å². The average molecular weight is 148 g/mol. The van der Waals surface area contributed by atoms with Crippen molar-refractivity contribution in [3.05, 3.63) is 29.3 Å². The molecule has 0 saturated heterocycles. The predicted octanol–water partition coefficient (Wildman–Crippen LogP) is -0.0484. The normalized spacial score (nSPS) is 9.55. The second-order valence-corrected chi connectivity index (χ2v) is 2.62. The van der Waals surface area contributed by atoms with Gasteiger partial charge in [-0.1, -0.05) is 23.2 Å². The summed E-state index contributed by atoms with van der Waals surface area (Å²) in [5, 5.41) is 8.66. The Bertz CT molecular complexity index is 294. The van der Waals surface area contributed by atoms with Crippen LogP contribution in [0.4, 0.5) is 0 Å². The van der Waals surface area contributed by atoms with E-state index < -0.39 is 5.97 Å². The van der Waals surface area contributed by atoms with Gasteiger partial charge in [-0.25, -0.2) is 4.79 Å². The molecule has 1 aromatic carbocycles. The number of carbonyl (C=O) groups is 1. The van der Waals surface area contributed by atoms with Crippen LogP contribution >= 0.6 is 0 Å². The van der Waals surface area contributed by atoms with Crippen LogP contribution in [-0.2, 0) is 0 Å². The van der Waals surface area contributed by atoms with E-state index in [4.69, 9.17) is 5.11 Å². The van der Waals surface area contributed by atoms with E-state index >= 15 is 0 Å². The van der Waals surface area contributed by atoms with E-state index in [1.54, 1.807) is 20.0 Å². The van der Waals surface area contributed by atoms with Crippen LogP contribution in [0.2, 0.25) is 0 Å². The number of carboxylic acids is 1. The van der Waals surface area contributed by atoms with E-state index in [1.807, 2.05) is 13.0 Å². The van der Waals surface area contributed by atoms with Crippen LogP contribution in [0.3, 0.4) is 0 Å². The van der Waals surface area contributed by atoms with Crippen LogP contribution in [0.5, 0.6) is 0 Å². The molecule has 0 radical (unpaired) electrons. The maximum atomic E-state index is 10.5. The first-order valence-corrected chi connectivity index (χ1v) is 3.42. The smallest absolute Gasteiger partial charge is 0.335 e. The largest absolute Gasteiger partial charge is 0.478 e. The highest BCUT2D eigenvalue weighted by Crippen LogP contribution is 1.98. The Morgan fingerprint density at radius 1 is 1.55 bits per heavy atom. The number of aromatic carboxylic acids is 1. The Hall–Kier alpha value is -1.25. The molecule has 2 nitrogen and oxygen atoms in total. The Kier molecular flexibility index (Phi) is 1.99. The molecule has 0 saturated carbocycles. The maximum Gasteiger partial charge on any atom is 0.335 e. The lowest BCUT2D eigenvalue weighted by Gasteiger charge is -2.00. The fourth-order valence-electron chi connectivity index (χ4n) is 1.05. The van der Waals surface area contributed by atoms with Gasteiger partial charge in [0, 0.05) is 0 Å². The van der Waals surface area contributed by atoms with Crippen molar-refractivity contribution in [3.8, 4) is 0 Å². The SMILES string of the molecule is Bc1cc(C)ccc1C(=O)O. The molecule has 0 spiro atoms. The van der Waals surface area contributed by atoms with E-state index in [0.717, 1.165) is 11.0 Å². The minimum absolute atomic E-state index is 0.385. The van der Waals surface area contributed by atoms with Crippen LogP contribution in [-0.4, -0.2) is 18.9 Å². The number of hydrogen-bond donors (Lipinski definition) is 1. The van der Waals surface area contributed by atoms with Gasteiger partial charge in [0.15, 0.2) is 0 Å². The van der Waals surface area contributed by atoms with E-state index in [9.17, 15) is 4.79 Å². The third-order valence-electron chi connectivity index (χ3n) is 1.61. The summed E-state index contributed by atoms with van der Waals surface area (Å²) < 4.78 is 0. The zero-order chi connectivity index (χ0) is 8.43. The molecule has 0 aliphatic rings. The maximum absolute atomic E-state index is 10.5. The summed E-state index contributed by atoms with van der Waals surface area (Å²) in [5.74, 6) is -0.859. The average Bonchev–Trinajstić information content (AvgIpc) is 1.85. The lowest BCUT2D eigenvalue weighted by Crippen LogP contribution is -2.15. The Labute approximate surface area is 66.3 Å². The Morgan fingerprint density at radius 2 is 2.18 bits per heavy atom. The zero-order valence-corrected chi connectivity index (χ0v) is 6.59. The molecular formula is C8H9BO2. The zero-order valence-electron chi connectivity index (χ0n) is 6.59. The summed E-state index contributed by atoms with van der Waals surface area (Å²) >= 11 is 0. The quantitative estimate of drug-likeness (QED) is 0.567. The molecule has 0 aromatic heterocycles. The highest BCUT2D eigenvalue weighted by Gasteiger charge is 2.04. The molecular weight excluding hydrogens is 139 g/mol. The molecule has 0 aliphatic heterocycles. The molecule has 1 aromatic rings. The van der Waals surface area contributed by atoms with Crippen molar-refractivity contribution in [2.24, 2.45) is 0 Å². The van der Waals surface area contributed by atoms with Crippen molar-refractivity contribution in [1.82, 2.24) is 0 Å². The van der Waals surface area contributed by atoms with Crippen molar-refractivity contribution in [3.63, 3.8) is 0 Å². The highest BCUT2D eigenvalue weighted by atomic mass is 16.4. The summed E-state index contributed by atoms with van der Waals surface area (Å²) in [7, 11) is 1.80. The minimum Gasteiger partial charge on any atom is -0.478 e. The standard InChI is InChI=1S/C8H9BO2/c1-5-2-3-6(8(10)11)7(9)4-5/h2-4H,9H2,1H3,(H,10,11). The number of rotatable bonds is 1. The molecule has 3 heteroatoms. The van der Waals surface area contributed by atoms with E-state index in [2.05, 4.69) is 0 Å². The Balaban J connectivity index is 3.20. The molecule has 0 aliphatic carbocycles. The molecule has 0 amide bonds. The summed E-state index contributed by atoms with van der Waals surface area (Å²) in [6.45, 7) is 1.94. The van der Waals surface area contributed by atoms with E-state index in [0.29, 0.717) is 5.56 Å². The molecule has 1 rings (SSSR count). The van der Waals surface area contributed by atoms with Crippen molar-refractivity contribution in [1.29, 1.82) is 0 Å². The summed E-state index contributed by atoms with van der Waals surface area (Å²) in [5.41, 5.74) is 2.29.